The zero-order chi connectivity index (χ0) is 12.8. The van der Waals surface area contributed by atoms with Gasteiger partial charge in [-0.1, -0.05) is 0 Å². The van der Waals surface area contributed by atoms with Gasteiger partial charge in [-0.25, -0.2) is 0 Å². The normalized spacial score (nSPS) is 17.3. The first-order valence-corrected chi connectivity index (χ1v) is 6.07. The third kappa shape index (κ3) is 3.98. The van der Waals surface area contributed by atoms with E-state index in [-0.39, 0.29) is 0 Å². The Labute approximate surface area is 102 Å². The van der Waals surface area contributed by atoms with Crippen LogP contribution >= 0.6 is 0 Å². The van der Waals surface area contributed by atoms with Crippen LogP contribution in [0.2, 0.25) is 0 Å². The van der Waals surface area contributed by atoms with Gasteiger partial charge in [0, 0.05) is 45.3 Å². The molecule has 6 heteroatoms. The maximum atomic E-state index is 11.7. The Hall–Kier alpha value is -1.14. The number of nitrogens with two attached hydrogens (primary N) is 1. The zero-order valence-electron chi connectivity index (χ0n) is 10.6. The molecular weight excluding hydrogens is 220 g/mol. The van der Waals surface area contributed by atoms with Gasteiger partial charge in [0.2, 0.25) is 0 Å². The van der Waals surface area contributed by atoms with Crippen LogP contribution in [0.15, 0.2) is 0 Å². The van der Waals surface area contributed by atoms with Crippen molar-refractivity contribution in [2.24, 2.45) is 5.73 Å². The first-order chi connectivity index (χ1) is 8.06. The van der Waals surface area contributed by atoms with Gasteiger partial charge in [0.1, 0.15) is 0 Å². The van der Waals surface area contributed by atoms with E-state index in [4.69, 9.17) is 5.73 Å². The van der Waals surface area contributed by atoms with Crippen molar-refractivity contribution in [3.63, 3.8) is 0 Å². The summed E-state index contributed by atoms with van der Waals surface area (Å²) in [5, 5.41) is 2.49. The van der Waals surface area contributed by atoms with Crippen molar-refractivity contribution in [2.75, 3.05) is 39.3 Å². The Balaban J connectivity index is 2.37. The van der Waals surface area contributed by atoms with Crippen LogP contribution in [-0.2, 0) is 9.59 Å². The van der Waals surface area contributed by atoms with Gasteiger partial charge in [-0.05, 0) is 13.8 Å². The van der Waals surface area contributed by atoms with Gasteiger partial charge in [0.05, 0.1) is 0 Å². The van der Waals surface area contributed by atoms with Gasteiger partial charge in [0.25, 0.3) is 0 Å². The predicted molar refractivity (Wildman–Crippen MR) is 65.4 cm³/mol. The second kappa shape index (κ2) is 6.56. The molecule has 1 aliphatic rings. The lowest BCUT2D eigenvalue weighted by Gasteiger charge is -2.36. The zero-order valence-corrected chi connectivity index (χ0v) is 10.6. The molecule has 0 unspecified atom stereocenters. The average molecular weight is 242 g/mol. The highest BCUT2D eigenvalue weighted by atomic mass is 16.2. The van der Waals surface area contributed by atoms with E-state index in [2.05, 4.69) is 24.1 Å². The summed E-state index contributed by atoms with van der Waals surface area (Å²) in [4.78, 5) is 27.1. The van der Waals surface area contributed by atoms with Crippen LogP contribution in [0.3, 0.4) is 0 Å². The lowest BCUT2D eigenvalue weighted by atomic mass is 10.2. The summed E-state index contributed by atoms with van der Waals surface area (Å²) in [6.45, 7) is 7.84. The summed E-state index contributed by atoms with van der Waals surface area (Å²) in [5.74, 6) is -0.990. The van der Waals surface area contributed by atoms with Crippen LogP contribution in [0.4, 0.5) is 0 Å². The highest BCUT2D eigenvalue weighted by molar-refractivity contribution is 6.35. The van der Waals surface area contributed by atoms with Crippen molar-refractivity contribution >= 4 is 11.8 Å². The molecule has 3 N–H and O–H groups in total. The summed E-state index contributed by atoms with van der Waals surface area (Å²) >= 11 is 0. The number of nitrogens with one attached hydrogen (secondary N) is 1. The second-order valence-corrected chi connectivity index (χ2v) is 4.47. The van der Waals surface area contributed by atoms with Gasteiger partial charge in [-0.3, -0.25) is 14.5 Å². The molecule has 1 rings (SSSR count). The molecule has 1 aliphatic heterocycles. The summed E-state index contributed by atoms with van der Waals surface area (Å²) in [5.41, 5.74) is 5.26. The van der Waals surface area contributed by atoms with Gasteiger partial charge in [-0.15, -0.1) is 0 Å². The number of rotatable bonds is 3. The van der Waals surface area contributed by atoms with Crippen LogP contribution in [0.25, 0.3) is 0 Å². The molecule has 0 atom stereocenters. The molecule has 1 fully saturated rings. The van der Waals surface area contributed by atoms with Crippen LogP contribution in [-0.4, -0.2) is 66.9 Å². The van der Waals surface area contributed by atoms with Crippen LogP contribution < -0.4 is 11.1 Å². The molecule has 0 aromatic rings. The van der Waals surface area contributed by atoms with Gasteiger partial charge in [0.15, 0.2) is 0 Å². The van der Waals surface area contributed by atoms with E-state index < -0.39 is 11.8 Å². The molecule has 0 aromatic carbocycles. The molecule has 98 valence electrons. The van der Waals surface area contributed by atoms with E-state index in [0.29, 0.717) is 32.2 Å². The molecule has 1 heterocycles. The van der Waals surface area contributed by atoms with Gasteiger partial charge >= 0.3 is 11.8 Å². The minimum Gasteiger partial charge on any atom is -0.347 e. The van der Waals surface area contributed by atoms with E-state index in [1.165, 1.54) is 0 Å². The topological polar surface area (TPSA) is 78.7 Å². The Bertz CT molecular complexity index is 273. The second-order valence-electron chi connectivity index (χ2n) is 4.47. The molecular formula is C11H22N4O2. The predicted octanol–water partition coefficient (Wildman–Crippen LogP) is -1.39. The molecule has 0 radical (unpaired) electrons. The van der Waals surface area contributed by atoms with E-state index >= 15 is 0 Å². The lowest BCUT2D eigenvalue weighted by molar-refractivity contribution is -0.147. The number of piperazine rings is 1. The minimum absolute atomic E-state index is 0.344. The van der Waals surface area contributed by atoms with Crippen molar-refractivity contribution in [3.8, 4) is 0 Å². The Morgan fingerprint density at radius 1 is 1.24 bits per heavy atom. The van der Waals surface area contributed by atoms with Crippen LogP contribution in [0.5, 0.6) is 0 Å². The maximum Gasteiger partial charge on any atom is 0.311 e. The van der Waals surface area contributed by atoms with E-state index in [0.717, 1.165) is 13.1 Å². The van der Waals surface area contributed by atoms with Crippen LogP contribution in [0, 0.1) is 0 Å². The number of amides is 2. The van der Waals surface area contributed by atoms with Crippen molar-refractivity contribution in [1.82, 2.24) is 15.1 Å². The lowest BCUT2D eigenvalue weighted by Crippen LogP contribution is -2.54. The standard InChI is InChI=1S/C11H22N4O2/c1-9(2)14-5-7-15(8-6-14)11(17)10(16)13-4-3-12/h9H,3-8,12H2,1-2H3,(H,13,16). The molecule has 17 heavy (non-hydrogen) atoms. The molecule has 0 bridgehead atoms. The first kappa shape index (κ1) is 13.9. The fraction of sp³-hybridized carbons (Fsp3) is 0.818. The third-order valence-corrected chi connectivity index (χ3v) is 2.96. The Kier molecular flexibility index (Phi) is 5.37. The monoisotopic (exact) mass is 242 g/mol. The highest BCUT2D eigenvalue weighted by Crippen LogP contribution is 2.05. The Morgan fingerprint density at radius 3 is 2.29 bits per heavy atom. The molecule has 0 aliphatic carbocycles. The highest BCUT2D eigenvalue weighted by Gasteiger charge is 2.26. The van der Waals surface area contributed by atoms with Gasteiger partial charge in [-0.2, -0.15) is 0 Å². The smallest absolute Gasteiger partial charge is 0.311 e. The fourth-order valence-corrected chi connectivity index (χ4v) is 1.85. The first-order valence-electron chi connectivity index (χ1n) is 6.07. The number of carbonyl (C=O) groups is 2. The number of hydrogen-bond acceptors (Lipinski definition) is 4. The fourth-order valence-electron chi connectivity index (χ4n) is 1.85. The molecule has 1 saturated heterocycles. The molecule has 0 spiro atoms. The summed E-state index contributed by atoms with van der Waals surface area (Å²) in [7, 11) is 0. The molecule has 6 nitrogen and oxygen atoms in total. The van der Waals surface area contributed by atoms with Crippen molar-refractivity contribution < 1.29 is 9.59 Å². The third-order valence-electron chi connectivity index (χ3n) is 2.96. The largest absolute Gasteiger partial charge is 0.347 e. The average Bonchev–Trinajstić information content (AvgIpc) is 2.35. The number of nitrogens with zero attached hydrogens (tertiary/aromatic N) is 2. The molecule has 2 amide bonds. The van der Waals surface area contributed by atoms with Crippen molar-refractivity contribution in [1.29, 1.82) is 0 Å². The number of hydrogen-bond donors (Lipinski definition) is 2. The van der Waals surface area contributed by atoms with Gasteiger partial charge < -0.3 is 16.0 Å². The van der Waals surface area contributed by atoms with Crippen LogP contribution in [0.1, 0.15) is 13.8 Å². The van der Waals surface area contributed by atoms with Crippen molar-refractivity contribution in [3.05, 3.63) is 0 Å². The summed E-state index contributed by atoms with van der Waals surface area (Å²) < 4.78 is 0. The SMILES string of the molecule is CC(C)N1CCN(C(=O)C(=O)NCCN)CC1. The maximum absolute atomic E-state index is 11.7. The summed E-state index contributed by atoms with van der Waals surface area (Å²) in [6.07, 6.45) is 0. The molecule has 0 aromatic heterocycles. The van der Waals surface area contributed by atoms with E-state index in [1.807, 2.05) is 0 Å². The number of carbonyl (C=O) groups excluding carboxylic acids is 2. The quantitative estimate of drug-likeness (QED) is 0.598. The molecule has 0 saturated carbocycles. The van der Waals surface area contributed by atoms with Crippen molar-refractivity contribution in [2.45, 2.75) is 19.9 Å². The van der Waals surface area contributed by atoms with E-state index in [1.54, 1.807) is 4.90 Å². The minimum atomic E-state index is -0.548. The Morgan fingerprint density at radius 2 is 1.82 bits per heavy atom. The van der Waals surface area contributed by atoms with E-state index in [9.17, 15) is 9.59 Å². The summed E-state index contributed by atoms with van der Waals surface area (Å²) in [6, 6.07) is 0.485.